The van der Waals surface area contributed by atoms with Gasteiger partial charge in [0.1, 0.15) is 17.0 Å². The van der Waals surface area contributed by atoms with Gasteiger partial charge in [0.15, 0.2) is 11.9 Å². The summed E-state index contributed by atoms with van der Waals surface area (Å²) in [6.07, 6.45) is 1.67. The van der Waals surface area contributed by atoms with Crippen LogP contribution in [0.25, 0.3) is 11.1 Å². The van der Waals surface area contributed by atoms with E-state index in [0.717, 1.165) is 36.8 Å². The van der Waals surface area contributed by atoms with Gasteiger partial charge in [0.25, 0.3) is 6.01 Å². The van der Waals surface area contributed by atoms with Gasteiger partial charge in [-0.25, -0.2) is 13.2 Å². The third-order valence-electron chi connectivity index (χ3n) is 9.58. The summed E-state index contributed by atoms with van der Waals surface area (Å²) >= 11 is 0. The van der Waals surface area contributed by atoms with Crippen LogP contribution in [-0.4, -0.2) is 86.8 Å². The van der Waals surface area contributed by atoms with Crippen LogP contribution in [0.15, 0.2) is 63.1 Å². The maximum Gasteiger partial charge on any atom is 0.412 e. The highest BCUT2D eigenvalue weighted by Crippen LogP contribution is 2.45. The van der Waals surface area contributed by atoms with Gasteiger partial charge in [-0.1, -0.05) is 26.0 Å². The number of aliphatic hydroxyl groups excluding tert-OH is 1. The first-order chi connectivity index (χ1) is 23.6. The fourth-order valence-electron chi connectivity index (χ4n) is 6.89. The average Bonchev–Trinajstić information content (AvgIpc) is 3.73. The second-order valence-corrected chi connectivity index (χ2v) is 15.8. The zero-order valence-corrected chi connectivity index (χ0v) is 28.8. The van der Waals surface area contributed by atoms with E-state index < -0.39 is 28.3 Å². The van der Waals surface area contributed by atoms with Crippen molar-refractivity contribution in [3.8, 4) is 5.75 Å². The van der Waals surface area contributed by atoms with E-state index in [9.17, 15) is 18.3 Å². The summed E-state index contributed by atoms with van der Waals surface area (Å²) in [6.45, 7) is 4.43. The number of hydrogen-bond acceptors (Lipinski definition) is 11. The molecule has 1 amide bonds. The molecule has 2 aromatic carbocycles. The van der Waals surface area contributed by atoms with Crippen molar-refractivity contribution in [2.24, 2.45) is 17.8 Å². The first kappa shape index (κ1) is 33.8. The molecule has 3 unspecified atom stereocenters. The Balaban J connectivity index is 1.13. The van der Waals surface area contributed by atoms with Crippen molar-refractivity contribution < 1.29 is 41.7 Å². The molecule has 0 radical (unpaired) electrons. The number of ether oxygens (including phenoxy) is 4. The normalized spacial score (nSPS) is 23.2. The molecular weight excluding hydrogens is 652 g/mol. The standard InChI is InChI=1S/C35H44N4O9S/c1-20(2)16-39(49(42,43)25-10-12-28-31(15-25)47-34(37-28)36-23-8-9-23)17-30(40)29(14-21-5-4-6-24(13-21)44-3)38-35(41)48-32-22-7-11-26-27(32)19-46-33(26)45-18-22/h4-6,10,12-13,15,20,22-23,26,29-30,33,40H,7-9,11,14,16-19H2,1-3H3,(H,36,37)(H,38,41)/t22?,26?,29-,30+,33?/m0/s1. The topological polar surface area (TPSA) is 162 Å². The van der Waals surface area contributed by atoms with Gasteiger partial charge in [-0.3, -0.25) is 0 Å². The Morgan fingerprint density at radius 3 is 2.71 bits per heavy atom. The van der Waals surface area contributed by atoms with Crippen LogP contribution in [-0.2, 0) is 30.7 Å². The van der Waals surface area contributed by atoms with Gasteiger partial charge < -0.3 is 39.1 Å². The van der Waals surface area contributed by atoms with E-state index in [0.29, 0.717) is 47.9 Å². The van der Waals surface area contributed by atoms with E-state index in [1.807, 2.05) is 32.0 Å². The average molecular weight is 697 g/mol. The lowest BCUT2D eigenvalue weighted by Gasteiger charge is -2.31. The largest absolute Gasteiger partial charge is 0.497 e. The number of benzene rings is 2. The number of hydrogen-bond donors (Lipinski definition) is 3. The number of carbonyl (C=O) groups excluding carboxylic acids is 1. The minimum Gasteiger partial charge on any atom is -0.497 e. The molecule has 5 aliphatic rings. The lowest BCUT2D eigenvalue weighted by atomic mass is 9.83. The molecule has 1 saturated carbocycles. The van der Waals surface area contributed by atoms with Crippen molar-refractivity contribution in [3.63, 3.8) is 0 Å². The molecule has 5 atom stereocenters. The van der Waals surface area contributed by atoms with Crippen molar-refractivity contribution in [1.29, 1.82) is 0 Å². The number of nitrogens with one attached hydrogen (secondary N) is 2. The number of methoxy groups -OCH3 is 1. The zero-order chi connectivity index (χ0) is 34.3. The number of sulfonamides is 1. The molecular formula is C35H44N4O9S. The van der Waals surface area contributed by atoms with Gasteiger partial charge in [-0.15, -0.1) is 0 Å². The number of fused-ring (bicyclic) bond motifs is 3. The quantitative estimate of drug-likeness (QED) is 0.219. The Morgan fingerprint density at radius 1 is 1.10 bits per heavy atom. The molecule has 14 heteroatoms. The Morgan fingerprint density at radius 2 is 1.94 bits per heavy atom. The number of alkyl carbamates (subject to hydrolysis) is 1. The zero-order valence-electron chi connectivity index (χ0n) is 28.0. The first-order valence-corrected chi connectivity index (χ1v) is 18.4. The summed E-state index contributed by atoms with van der Waals surface area (Å²) in [5.41, 5.74) is 2.63. The molecule has 4 heterocycles. The van der Waals surface area contributed by atoms with Crippen LogP contribution in [0.2, 0.25) is 0 Å². The smallest absolute Gasteiger partial charge is 0.412 e. The van der Waals surface area contributed by atoms with Crippen LogP contribution < -0.4 is 15.4 Å². The molecule has 264 valence electrons. The van der Waals surface area contributed by atoms with Gasteiger partial charge in [0.2, 0.25) is 10.0 Å². The number of carbonyl (C=O) groups is 1. The van der Waals surface area contributed by atoms with Gasteiger partial charge >= 0.3 is 6.09 Å². The Hall–Kier alpha value is -3.69. The maximum atomic E-state index is 14.1. The number of rotatable bonds is 14. The van der Waals surface area contributed by atoms with Gasteiger partial charge in [0.05, 0.1) is 37.4 Å². The first-order valence-electron chi connectivity index (χ1n) is 17.0. The maximum absolute atomic E-state index is 14.1. The molecule has 49 heavy (non-hydrogen) atoms. The van der Waals surface area contributed by atoms with E-state index in [1.165, 1.54) is 16.4 Å². The Bertz CT molecular complexity index is 1820. The summed E-state index contributed by atoms with van der Waals surface area (Å²) in [7, 11) is -2.54. The molecule has 0 spiro atoms. The van der Waals surface area contributed by atoms with E-state index >= 15 is 0 Å². The van der Waals surface area contributed by atoms with E-state index in [-0.39, 0.29) is 48.4 Å². The number of amides is 1. The second-order valence-electron chi connectivity index (χ2n) is 13.8. The Kier molecular flexibility index (Phi) is 9.59. The number of oxazole rings is 1. The van der Waals surface area contributed by atoms with Crippen LogP contribution in [0.4, 0.5) is 10.8 Å². The number of nitrogens with zero attached hydrogens (tertiary/aromatic N) is 2. The van der Waals surface area contributed by atoms with Gasteiger partial charge in [-0.2, -0.15) is 9.29 Å². The van der Waals surface area contributed by atoms with Crippen LogP contribution >= 0.6 is 0 Å². The third-order valence-corrected chi connectivity index (χ3v) is 11.4. The third kappa shape index (κ3) is 7.43. The lowest BCUT2D eigenvalue weighted by molar-refractivity contribution is -0.129. The van der Waals surface area contributed by atoms with Crippen LogP contribution in [0, 0.1) is 17.8 Å². The SMILES string of the molecule is COc1cccc(C[C@H](NC(=O)OC2=C3COC4OCC2CCC34)[C@H](O)CN(CC(C)C)S(=O)(=O)c2ccc3nc(NC4CC4)oc3c2)c1. The van der Waals surface area contributed by atoms with Gasteiger partial charge in [0, 0.05) is 42.6 Å². The van der Waals surface area contributed by atoms with Crippen LogP contribution in [0.1, 0.15) is 45.1 Å². The van der Waals surface area contributed by atoms with Crippen molar-refractivity contribution in [2.45, 2.75) is 75.3 Å². The van der Waals surface area contributed by atoms with E-state index in [1.54, 1.807) is 19.2 Å². The molecule has 2 aliphatic carbocycles. The van der Waals surface area contributed by atoms with E-state index in [4.69, 9.17) is 23.4 Å². The summed E-state index contributed by atoms with van der Waals surface area (Å²) in [5.74, 6) is 1.14. The molecule has 3 fully saturated rings. The molecule has 3 N–H and O–H groups in total. The molecule has 3 aliphatic heterocycles. The molecule has 8 rings (SSSR count). The minimum absolute atomic E-state index is 0.0230. The van der Waals surface area contributed by atoms with E-state index in [2.05, 4.69) is 15.6 Å². The minimum atomic E-state index is -4.10. The van der Waals surface area contributed by atoms with Crippen molar-refractivity contribution in [2.75, 3.05) is 38.7 Å². The monoisotopic (exact) mass is 696 g/mol. The van der Waals surface area contributed by atoms with Crippen LogP contribution in [0.5, 0.6) is 5.75 Å². The number of aliphatic hydroxyl groups is 1. The van der Waals surface area contributed by atoms with Crippen molar-refractivity contribution in [1.82, 2.24) is 14.6 Å². The van der Waals surface area contributed by atoms with Crippen molar-refractivity contribution >= 4 is 33.2 Å². The molecule has 13 nitrogen and oxygen atoms in total. The second kappa shape index (κ2) is 13.9. The van der Waals surface area contributed by atoms with Crippen LogP contribution in [0.3, 0.4) is 0 Å². The highest BCUT2D eigenvalue weighted by Gasteiger charge is 2.46. The lowest BCUT2D eigenvalue weighted by Crippen LogP contribution is -2.51. The summed E-state index contributed by atoms with van der Waals surface area (Å²) in [4.78, 5) is 18.0. The molecule has 1 aromatic heterocycles. The summed E-state index contributed by atoms with van der Waals surface area (Å²) in [5, 5.41) is 17.8. The predicted molar refractivity (Wildman–Crippen MR) is 179 cm³/mol. The Labute approximate surface area is 286 Å². The highest BCUT2D eigenvalue weighted by molar-refractivity contribution is 7.89. The number of anilines is 1. The molecule has 4 bridgehead atoms. The number of aromatic nitrogens is 1. The summed E-state index contributed by atoms with van der Waals surface area (Å²) < 4.78 is 58.4. The highest BCUT2D eigenvalue weighted by atomic mass is 32.2. The molecule has 2 saturated heterocycles. The van der Waals surface area contributed by atoms with Crippen molar-refractivity contribution in [3.05, 3.63) is 59.4 Å². The molecule has 3 aromatic rings. The fraction of sp³-hybridized carbons (Fsp3) is 0.543. The van der Waals surface area contributed by atoms with Gasteiger partial charge in [-0.05, 0) is 67.9 Å². The summed E-state index contributed by atoms with van der Waals surface area (Å²) in [6, 6.07) is 11.7. The predicted octanol–water partition coefficient (Wildman–Crippen LogP) is 4.42. The fourth-order valence-corrected chi connectivity index (χ4v) is 8.53.